The Bertz CT molecular complexity index is 330. The van der Waals surface area contributed by atoms with Crippen molar-refractivity contribution >= 4 is 23.7 Å². The average Bonchev–Trinajstić information content (AvgIpc) is 2.18. The molecule has 0 radical (unpaired) electrons. The van der Waals surface area contributed by atoms with Crippen LogP contribution >= 0.6 is 11.6 Å². The SMILES string of the molecule is CCC(C)Nc1ncnc(Cl)c1C=O. The molecule has 0 aliphatic carbocycles. The van der Waals surface area contributed by atoms with Crippen LogP contribution in [-0.4, -0.2) is 22.3 Å². The van der Waals surface area contributed by atoms with Crippen molar-refractivity contribution in [3.63, 3.8) is 0 Å². The quantitative estimate of drug-likeness (QED) is 0.615. The molecule has 1 aromatic rings. The Balaban J connectivity index is 2.96. The monoisotopic (exact) mass is 213 g/mol. The molecule has 14 heavy (non-hydrogen) atoms. The Morgan fingerprint density at radius 1 is 1.64 bits per heavy atom. The maximum Gasteiger partial charge on any atom is 0.156 e. The highest BCUT2D eigenvalue weighted by atomic mass is 35.5. The fraction of sp³-hybridized carbons (Fsp3) is 0.444. The minimum Gasteiger partial charge on any atom is -0.367 e. The molecule has 1 heterocycles. The van der Waals surface area contributed by atoms with Gasteiger partial charge in [0.05, 0.1) is 5.56 Å². The van der Waals surface area contributed by atoms with Gasteiger partial charge in [0.15, 0.2) is 6.29 Å². The minimum absolute atomic E-state index is 0.181. The first-order chi connectivity index (χ1) is 6.69. The first kappa shape index (κ1) is 10.9. The largest absolute Gasteiger partial charge is 0.367 e. The average molecular weight is 214 g/mol. The predicted molar refractivity (Wildman–Crippen MR) is 55.8 cm³/mol. The number of carbonyl (C=O) groups is 1. The molecule has 5 heteroatoms. The van der Waals surface area contributed by atoms with E-state index in [1.807, 2.05) is 13.8 Å². The van der Waals surface area contributed by atoms with Gasteiger partial charge in [0.2, 0.25) is 0 Å². The van der Waals surface area contributed by atoms with Crippen molar-refractivity contribution in [2.24, 2.45) is 0 Å². The summed E-state index contributed by atoms with van der Waals surface area (Å²) in [5.41, 5.74) is 0.314. The fourth-order valence-corrected chi connectivity index (χ4v) is 1.11. The topological polar surface area (TPSA) is 54.9 Å². The summed E-state index contributed by atoms with van der Waals surface area (Å²) in [5.74, 6) is 0.495. The molecule has 0 aliphatic rings. The molecule has 1 atom stereocenters. The molecule has 1 N–H and O–H groups in total. The molecule has 0 fully saturated rings. The van der Waals surface area contributed by atoms with E-state index in [9.17, 15) is 4.79 Å². The molecule has 0 aromatic carbocycles. The van der Waals surface area contributed by atoms with Crippen molar-refractivity contribution in [2.45, 2.75) is 26.3 Å². The Kier molecular flexibility index (Phi) is 3.83. The number of anilines is 1. The van der Waals surface area contributed by atoms with Crippen LogP contribution < -0.4 is 5.32 Å². The Morgan fingerprint density at radius 3 is 2.93 bits per heavy atom. The Labute approximate surface area is 87.7 Å². The van der Waals surface area contributed by atoms with E-state index in [1.165, 1.54) is 6.33 Å². The third kappa shape index (κ3) is 2.42. The number of hydrogen-bond donors (Lipinski definition) is 1. The lowest BCUT2D eigenvalue weighted by molar-refractivity contribution is 0.112. The van der Waals surface area contributed by atoms with Gasteiger partial charge in [0.25, 0.3) is 0 Å². The van der Waals surface area contributed by atoms with Gasteiger partial charge >= 0.3 is 0 Å². The molecule has 0 bridgehead atoms. The predicted octanol–water partition coefficient (Wildman–Crippen LogP) is 2.15. The molecule has 0 saturated carbocycles. The van der Waals surface area contributed by atoms with E-state index < -0.39 is 0 Å². The normalized spacial score (nSPS) is 12.2. The first-order valence-electron chi connectivity index (χ1n) is 4.41. The summed E-state index contributed by atoms with van der Waals surface area (Å²) in [5, 5.41) is 3.27. The van der Waals surface area contributed by atoms with E-state index in [4.69, 9.17) is 11.6 Å². The summed E-state index contributed by atoms with van der Waals surface area (Å²) in [6.45, 7) is 4.05. The molecule has 1 unspecified atom stereocenters. The van der Waals surface area contributed by atoms with Gasteiger partial charge in [-0.2, -0.15) is 0 Å². The zero-order chi connectivity index (χ0) is 10.6. The first-order valence-corrected chi connectivity index (χ1v) is 4.79. The molecule has 0 amide bonds. The number of aldehydes is 1. The van der Waals surface area contributed by atoms with E-state index in [-0.39, 0.29) is 11.2 Å². The third-order valence-electron chi connectivity index (χ3n) is 1.95. The highest BCUT2D eigenvalue weighted by Gasteiger charge is 2.10. The summed E-state index contributed by atoms with van der Waals surface area (Å²) in [6, 6.07) is 0.250. The zero-order valence-electron chi connectivity index (χ0n) is 8.12. The summed E-state index contributed by atoms with van der Waals surface area (Å²) in [7, 11) is 0. The van der Waals surface area contributed by atoms with Crippen LogP contribution in [0.5, 0.6) is 0 Å². The van der Waals surface area contributed by atoms with E-state index in [0.717, 1.165) is 6.42 Å². The number of nitrogens with one attached hydrogen (secondary N) is 1. The van der Waals surface area contributed by atoms with Crippen LogP contribution in [0, 0.1) is 0 Å². The summed E-state index contributed by atoms with van der Waals surface area (Å²) in [6.07, 6.45) is 2.94. The number of rotatable bonds is 4. The van der Waals surface area contributed by atoms with E-state index in [0.29, 0.717) is 17.7 Å². The van der Waals surface area contributed by atoms with Crippen molar-refractivity contribution in [1.82, 2.24) is 9.97 Å². The molecule has 0 spiro atoms. The van der Waals surface area contributed by atoms with E-state index >= 15 is 0 Å². The molecular formula is C9H12ClN3O. The minimum atomic E-state index is 0.181. The maximum atomic E-state index is 10.7. The zero-order valence-corrected chi connectivity index (χ0v) is 8.88. The molecular weight excluding hydrogens is 202 g/mol. The van der Waals surface area contributed by atoms with Crippen LogP contribution in [0.15, 0.2) is 6.33 Å². The van der Waals surface area contributed by atoms with Gasteiger partial charge in [-0.3, -0.25) is 4.79 Å². The smallest absolute Gasteiger partial charge is 0.156 e. The van der Waals surface area contributed by atoms with Gasteiger partial charge in [-0.25, -0.2) is 9.97 Å². The highest BCUT2D eigenvalue weighted by Crippen LogP contribution is 2.18. The van der Waals surface area contributed by atoms with Crippen LogP contribution in [0.2, 0.25) is 5.15 Å². The van der Waals surface area contributed by atoms with Crippen LogP contribution in [0.4, 0.5) is 5.82 Å². The number of halogens is 1. The molecule has 0 saturated heterocycles. The van der Waals surface area contributed by atoms with Gasteiger partial charge in [0.1, 0.15) is 17.3 Å². The van der Waals surface area contributed by atoms with Gasteiger partial charge in [-0.15, -0.1) is 0 Å². The van der Waals surface area contributed by atoms with Crippen molar-refractivity contribution < 1.29 is 4.79 Å². The molecule has 4 nitrogen and oxygen atoms in total. The summed E-state index contributed by atoms with van der Waals surface area (Å²) >= 11 is 5.73. The summed E-state index contributed by atoms with van der Waals surface area (Å²) < 4.78 is 0. The van der Waals surface area contributed by atoms with Gasteiger partial charge in [0, 0.05) is 6.04 Å². The van der Waals surface area contributed by atoms with Crippen molar-refractivity contribution in [3.8, 4) is 0 Å². The third-order valence-corrected chi connectivity index (χ3v) is 2.25. The second kappa shape index (κ2) is 4.91. The highest BCUT2D eigenvalue weighted by molar-refractivity contribution is 6.32. The Morgan fingerprint density at radius 2 is 2.36 bits per heavy atom. The Hall–Kier alpha value is -1.16. The van der Waals surface area contributed by atoms with Gasteiger partial charge in [-0.1, -0.05) is 18.5 Å². The van der Waals surface area contributed by atoms with Crippen molar-refractivity contribution in [2.75, 3.05) is 5.32 Å². The maximum absolute atomic E-state index is 10.7. The van der Waals surface area contributed by atoms with E-state index in [2.05, 4.69) is 15.3 Å². The van der Waals surface area contributed by atoms with Crippen LogP contribution in [0.1, 0.15) is 30.6 Å². The van der Waals surface area contributed by atoms with Gasteiger partial charge in [-0.05, 0) is 13.3 Å². The number of carbonyl (C=O) groups excluding carboxylic acids is 1. The molecule has 0 aliphatic heterocycles. The second-order valence-electron chi connectivity index (χ2n) is 3.00. The van der Waals surface area contributed by atoms with Crippen LogP contribution in [-0.2, 0) is 0 Å². The van der Waals surface area contributed by atoms with Crippen LogP contribution in [0.3, 0.4) is 0 Å². The molecule has 1 rings (SSSR count). The number of nitrogens with zero attached hydrogens (tertiary/aromatic N) is 2. The van der Waals surface area contributed by atoms with Crippen molar-refractivity contribution in [1.29, 1.82) is 0 Å². The molecule has 1 aromatic heterocycles. The second-order valence-corrected chi connectivity index (χ2v) is 3.36. The number of hydrogen-bond acceptors (Lipinski definition) is 4. The molecule has 76 valence electrons. The lowest BCUT2D eigenvalue weighted by Gasteiger charge is -2.13. The standard InChI is InChI=1S/C9H12ClN3O/c1-3-6(2)13-9-7(4-14)8(10)11-5-12-9/h4-6H,3H2,1-2H3,(H,11,12,13). The lowest BCUT2D eigenvalue weighted by Crippen LogP contribution is -2.16. The number of aromatic nitrogens is 2. The van der Waals surface area contributed by atoms with Crippen molar-refractivity contribution in [3.05, 3.63) is 17.0 Å². The van der Waals surface area contributed by atoms with Crippen LogP contribution in [0.25, 0.3) is 0 Å². The lowest BCUT2D eigenvalue weighted by atomic mass is 10.2. The fourth-order valence-electron chi connectivity index (χ4n) is 0.929. The van der Waals surface area contributed by atoms with E-state index in [1.54, 1.807) is 0 Å². The van der Waals surface area contributed by atoms with Gasteiger partial charge < -0.3 is 5.32 Å². The summed E-state index contributed by atoms with van der Waals surface area (Å²) in [4.78, 5) is 18.4.